The molecular weight excluding hydrogens is 390 g/mol. The minimum Gasteiger partial charge on any atom is -0.497 e. The van der Waals surface area contributed by atoms with Crippen molar-refractivity contribution >= 4 is 27.3 Å². The lowest BCUT2D eigenvalue weighted by atomic mass is 10.0. The van der Waals surface area contributed by atoms with Gasteiger partial charge >= 0.3 is 0 Å². The fourth-order valence-corrected chi connectivity index (χ4v) is 4.32. The van der Waals surface area contributed by atoms with E-state index in [1.54, 1.807) is 30.2 Å². The van der Waals surface area contributed by atoms with Gasteiger partial charge in [0.05, 0.1) is 18.6 Å². The fourth-order valence-electron chi connectivity index (χ4n) is 3.39. The van der Waals surface area contributed by atoms with E-state index in [-0.39, 0.29) is 17.3 Å². The van der Waals surface area contributed by atoms with Crippen LogP contribution in [0.25, 0.3) is 0 Å². The SMILES string of the molecule is COc1ccc2c(c1)CCCN2C(=O)CNc1cc(S(=O)(=O)N(C)C)ccc1C. The third-order valence-corrected chi connectivity index (χ3v) is 6.94. The van der Waals surface area contributed by atoms with Crippen LogP contribution >= 0.6 is 0 Å². The van der Waals surface area contributed by atoms with Crippen LogP contribution in [-0.2, 0) is 21.2 Å². The zero-order valence-corrected chi connectivity index (χ0v) is 18.0. The monoisotopic (exact) mass is 417 g/mol. The van der Waals surface area contributed by atoms with Gasteiger partial charge in [-0.3, -0.25) is 4.79 Å². The molecule has 0 aliphatic carbocycles. The van der Waals surface area contributed by atoms with E-state index in [1.165, 1.54) is 18.4 Å². The minimum absolute atomic E-state index is 0.0589. The number of nitrogens with one attached hydrogen (secondary N) is 1. The number of hydrogen-bond donors (Lipinski definition) is 1. The highest BCUT2D eigenvalue weighted by molar-refractivity contribution is 7.89. The van der Waals surface area contributed by atoms with Crippen LogP contribution < -0.4 is 15.0 Å². The van der Waals surface area contributed by atoms with Crippen molar-refractivity contribution in [3.63, 3.8) is 0 Å². The second-order valence-electron chi connectivity index (χ2n) is 7.26. The molecule has 2 aromatic carbocycles. The normalized spacial score (nSPS) is 13.9. The first-order valence-corrected chi connectivity index (χ1v) is 10.9. The topological polar surface area (TPSA) is 79.0 Å². The molecule has 1 heterocycles. The van der Waals surface area contributed by atoms with Gasteiger partial charge in [-0.2, -0.15) is 0 Å². The maximum Gasteiger partial charge on any atom is 0.246 e. The summed E-state index contributed by atoms with van der Waals surface area (Å²) in [6.45, 7) is 2.62. The molecule has 1 aliphatic heterocycles. The van der Waals surface area contributed by atoms with Gasteiger partial charge < -0.3 is 15.0 Å². The predicted molar refractivity (Wildman–Crippen MR) is 114 cm³/mol. The molecule has 1 amide bonds. The standard InChI is InChI=1S/C21H27N3O4S/c1-15-7-9-18(29(26,27)23(2)3)13-19(15)22-14-21(25)24-11-5-6-16-12-17(28-4)8-10-20(16)24/h7-10,12-13,22H,5-6,11,14H2,1-4H3. The van der Waals surface area contributed by atoms with Crippen LogP contribution in [0.3, 0.4) is 0 Å². The summed E-state index contributed by atoms with van der Waals surface area (Å²) in [6, 6.07) is 10.6. The number of sulfonamides is 1. The Labute approximate surface area is 172 Å². The Morgan fingerprint density at radius 1 is 1.21 bits per heavy atom. The molecule has 0 unspecified atom stereocenters. The number of carbonyl (C=O) groups is 1. The molecule has 0 spiro atoms. The molecule has 29 heavy (non-hydrogen) atoms. The number of ether oxygens (including phenoxy) is 1. The maximum atomic E-state index is 12.9. The Bertz CT molecular complexity index is 1020. The van der Waals surface area contributed by atoms with E-state index in [1.807, 2.05) is 25.1 Å². The first-order chi connectivity index (χ1) is 13.7. The summed E-state index contributed by atoms with van der Waals surface area (Å²) in [5.41, 5.74) is 3.51. The van der Waals surface area contributed by atoms with Gasteiger partial charge in [-0.25, -0.2) is 12.7 Å². The number of aryl methyl sites for hydroxylation is 2. The summed E-state index contributed by atoms with van der Waals surface area (Å²) in [5.74, 6) is 0.724. The highest BCUT2D eigenvalue weighted by Gasteiger charge is 2.23. The Balaban J connectivity index is 1.77. The van der Waals surface area contributed by atoms with Crippen molar-refractivity contribution in [2.24, 2.45) is 0 Å². The van der Waals surface area contributed by atoms with Gasteiger partial charge in [0.2, 0.25) is 15.9 Å². The molecule has 8 heteroatoms. The summed E-state index contributed by atoms with van der Waals surface area (Å²) in [7, 11) is 1.08. The van der Waals surface area contributed by atoms with Crippen molar-refractivity contribution < 1.29 is 17.9 Å². The second-order valence-corrected chi connectivity index (χ2v) is 9.41. The number of nitrogens with zero attached hydrogens (tertiary/aromatic N) is 2. The van der Waals surface area contributed by atoms with Gasteiger partial charge in [0, 0.05) is 32.0 Å². The molecule has 0 atom stereocenters. The molecule has 0 saturated carbocycles. The molecule has 0 aromatic heterocycles. The van der Waals surface area contributed by atoms with Gasteiger partial charge in [0.1, 0.15) is 5.75 Å². The molecular formula is C21H27N3O4S. The number of amides is 1. The quantitative estimate of drug-likeness (QED) is 0.782. The van der Waals surface area contributed by atoms with Crippen LogP contribution in [-0.4, -0.2) is 52.9 Å². The Morgan fingerprint density at radius 2 is 1.97 bits per heavy atom. The molecule has 1 N–H and O–H groups in total. The van der Waals surface area contributed by atoms with Crippen molar-refractivity contribution in [2.75, 3.05) is 44.5 Å². The van der Waals surface area contributed by atoms with E-state index in [9.17, 15) is 13.2 Å². The van der Waals surface area contributed by atoms with Crippen molar-refractivity contribution in [3.05, 3.63) is 47.5 Å². The molecule has 7 nitrogen and oxygen atoms in total. The summed E-state index contributed by atoms with van der Waals surface area (Å²) in [5, 5.41) is 3.12. The van der Waals surface area contributed by atoms with Crippen molar-refractivity contribution in [1.82, 2.24) is 4.31 Å². The average molecular weight is 418 g/mol. The molecule has 3 rings (SSSR count). The molecule has 0 radical (unpaired) electrons. The number of methoxy groups -OCH3 is 1. The van der Waals surface area contributed by atoms with E-state index >= 15 is 0 Å². The van der Waals surface area contributed by atoms with Crippen molar-refractivity contribution in [1.29, 1.82) is 0 Å². The molecule has 2 aromatic rings. The van der Waals surface area contributed by atoms with Crippen LogP contribution in [0.4, 0.5) is 11.4 Å². The minimum atomic E-state index is -3.54. The first-order valence-electron chi connectivity index (χ1n) is 9.48. The maximum absolute atomic E-state index is 12.9. The summed E-state index contributed by atoms with van der Waals surface area (Å²) < 4.78 is 31.2. The van der Waals surface area contributed by atoms with Gasteiger partial charge in [-0.1, -0.05) is 6.07 Å². The third kappa shape index (κ3) is 4.38. The predicted octanol–water partition coefficient (Wildman–Crippen LogP) is 2.65. The third-order valence-electron chi connectivity index (χ3n) is 5.12. The number of hydrogen-bond acceptors (Lipinski definition) is 5. The van der Waals surface area contributed by atoms with E-state index in [0.717, 1.165) is 35.4 Å². The summed E-state index contributed by atoms with van der Waals surface area (Å²) in [6.07, 6.45) is 1.80. The largest absolute Gasteiger partial charge is 0.497 e. The zero-order valence-electron chi connectivity index (χ0n) is 17.2. The molecule has 1 aliphatic rings. The highest BCUT2D eigenvalue weighted by atomic mass is 32.2. The van der Waals surface area contributed by atoms with Crippen LogP contribution in [0.15, 0.2) is 41.3 Å². The lowest BCUT2D eigenvalue weighted by Gasteiger charge is -2.30. The van der Waals surface area contributed by atoms with E-state index < -0.39 is 10.0 Å². The van der Waals surface area contributed by atoms with Crippen LogP contribution in [0, 0.1) is 6.92 Å². The molecule has 0 bridgehead atoms. The Morgan fingerprint density at radius 3 is 2.66 bits per heavy atom. The number of benzene rings is 2. The van der Waals surface area contributed by atoms with Crippen molar-refractivity contribution in [2.45, 2.75) is 24.7 Å². The van der Waals surface area contributed by atoms with Crippen LogP contribution in [0.1, 0.15) is 17.5 Å². The number of carbonyl (C=O) groups excluding carboxylic acids is 1. The average Bonchev–Trinajstić information content (AvgIpc) is 2.71. The zero-order chi connectivity index (χ0) is 21.2. The van der Waals surface area contributed by atoms with E-state index in [0.29, 0.717) is 12.2 Å². The molecule has 0 fully saturated rings. The van der Waals surface area contributed by atoms with Crippen LogP contribution in [0.2, 0.25) is 0 Å². The van der Waals surface area contributed by atoms with Gasteiger partial charge in [0.25, 0.3) is 0 Å². The number of anilines is 2. The lowest BCUT2D eigenvalue weighted by Crippen LogP contribution is -2.39. The second kappa shape index (κ2) is 8.42. The van der Waals surface area contributed by atoms with Crippen LogP contribution in [0.5, 0.6) is 5.75 Å². The Hall–Kier alpha value is -2.58. The fraction of sp³-hybridized carbons (Fsp3) is 0.381. The molecule has 0 saturated heterocycles. The van der Waals surface area contributed by atoms with Gasteiger partial charge in [0.15, 0.2) is 0 Å². The summed E-state index contributed by atoms with van der Waals surface area (Å²) in [4.78, 5) is 14.9. The van der Waals surface area contributed by atoms with E-state index in [2.05, 4.69) is 5.32 Å². The highest BCUT2D eigenvalue weighted by Crippen LogP contribution is 2.30. The van der Waals surface area contributed by atoms with E-state index in [4.69, 9.17) is 4.74 Å². The van der Waals surface area contributed by atoms with Gasteiger partial charge in [-0.05, 0) is 61.2 Å². The lowest BCUT2D eigenvalue weighted by molar-refractivity contribution is -0.117. The number of fused-ring (bicyclic) bond motifs is 1. The summed E-state index contributed by atoms with van der Waals surface area (Å²) >= 11 is 0. The van der Waals surface area contributed by atoms with Crippen molar-refractivity contribution in [3.8, 4) is 5.75 Å². The molecule has 156 valence electrons. The first kappa shape index (κ1) is 21.1. The smallest absolute Gasteiger partial charge is 0.246 e. The number of rotatable bonds is 6. The van der Waals surface area contributed by atoms with Gasteiger partial charge in [-0.15, -0.1) is 0 Å². The Kier molecular flexibility index (Phi) is 6.14.